The Morgan fingerprint density at radius 3 is 2.30 bits per heavy atom. The van der Waals surface area contributed by atoms with Gasteiger partial charge in [0.05, 0.1) is 7.11 Å². The first-order valence-corrected chi connectivity index (χ1v) is 10.2. The standard InChI is InChI=1S/C16H25IN2O3S/c1-15(2)9-12(10-16(3,4)19-15)18-23(20,21)14-8-11(17)6-7-13(14)22-5/h6-8,12,18-19H,9-10H2,1-5H3. The molecule has 0 amide bonds. The van der Waals surface area contributed by atoms with Crippen LogP contribution in [0.15, 0.2) is 23.1 Å². The zero-order chi connectivity index (χ0) is 17.5. The predicted molar refractivity (Wildman–Crippen MR) is 100 cm³/mol. The molecule has 1 aliphatic heterocycles. The Balaban J connectivity index is 2.30. The molecule has 7 heteroatoms. The lowest BCUT2D eigenvalue weighted by atomic mass is 9.80. The predicted octanol–water partition coefficient (Wildman–Crippen LogP) is 2.89. The van der Waals surface area contributed by atoms with Gasteiger partial charge >= 0.3 is 0 Å². The second-order valence-electron chi connectivity index (χ2n) is 7.41. The van der Waals surface area contributed by atoms with Crippen molar-refractivity contribution >= 4 is 32.6 Å². The van der Waals surface area contributed by atoms with Gasteiger partial charge in [0.2, 0.25) is 10.0 Å². The summed E-state index contributed by atoms with van der Waals surface area (Å²) in [6.45, 7) is 8.39. The van der Waals surface area contributed by atoms with E-state index < -0.39 is 10.0 Å². The molecule has 0 aromatic heterocycles. The lowest BCUT2D eigenvalue weighted by Gasteiger charge is -2.46. The number of halogens is 1. The number of ether oxygens (including phenoxy) is 1. The van der Waals surface area contributed by atoms with E-state index in [0.29, 0.717) is 5.75 Å². The highest BCUT2D eigenvalue weighted by Crippen LogP contribution is 2.31. The van der Waals surface area contributed by atoms with Gasteiger partial charge in [-0.3, -0.25) is 0 Å². The zero-order valence-electron chi connectivity index (χ0n) is 14.2. The van der Waals surface area contributed by atoms with E-state index in [4.69, 9.17) is 4.74 Å². The fourth-order valence-electron chi connectivity index (χ4n) is 3.55. The highest BCUT2D eigenvalue weighted by molar-refractivity contribution is 14.1. The van der Waals surface area contributed by atoms with Gasteiger partial charge in [-0.05, 0) is 81.3 Å². The molecule has 0 spiro atoms. The minimum Gasteiger partial charge on any atom is -0.495 e. The van der Waals surface area contributed by atoms with Crippen molar-refractivity contribution in [3.63, 3.8) is 0 Å². The lowest BCUT2D eigenvalue weighted by molar-refractivity contribution is 0.157. The number of methoxy groups -OCH3 is 1. The van der Waals surface area contributed by atoms with Crippen molar-refractivity contribution in [3.8, 4) is 5.75 Å². The van der Waals surface area contributed by atoms with E-state index in [9.17, 15) is 8.42 Å². The van der Waals surface area contributed by atoms with E-state index in [0.717, 1.165) is 16.4 Å². The van der Waals surface area contributed by atoms with Crippen LogP contribution in [-0.2, 0) is 10.0 Å². The van der Waals surface area contributed by atoms with Crippen LogP contribution >= 0.6 is 22.6 Å². The van der Waals surface area contributed by atoms with Crippen molar-refractivity contribution in [2.75, 3.05) is 7.11 Å². The average Bonchev–Trinajstić information content (AvgIpc) is 2.34. The molecule has 0 radical (unpaired) electrons. The van der Waals surface area contributed by atoms with E-state index >= 15 is 0 Å². The van der Waals surface area contributed by atoms with Crippen molar-refractivity contribution in [3.05, 3.63) is 21.8 Å². The number of hydrogen-bond acceptors (Lipinski definition) is 4. The van der Waals surface area contributed by atoms with Crippen molar-refractivity contribution in [2.24, 2.45) is 0 Å². The molecule has 5 nitrogen and oxygen atoms in total. The largest absolute Gasteiger partial charge is 0.495 e. The van der Waals surface area contributed by atoms with E-state index in [-0.39, 0.29) is 22.0 Å². The maximum absolute atomic E-state index is 12.8. The Labute approximate surface area is 152 Å². The zero-order valence-corrected chi connectivity index (χ0v) is 17.2. The highest BCUT2D eigenvalue weighted by Gasteiger charge is 2.39. The summed E-state index contributed by atoms with van der Waals surface area (Å²) in [5, 5.41) is 3.56. The van der Waals surface area contributed by atoms with Gasteiger partial charge in [-0.2, -0.15) is 0 Å². The van der Waals surface area contributed by atoms with Gasteiger partial charge in [-0.25, -0.2) is 13.1 Å². The average molecular weight is 452 g/mol. The van der Waals surface area contributed by atoms with Gasteiger partial charge in [-0.15, -0.1) is 0 Å². The maximum atomic E-state index is 12.8. The van der Waals surface area contributed by atoms with Crippen LogP contribution in [0.25, 0.3) is 0 Å². The van der Waals surface area contributed by atoms with Crippen LogP contribution < -0.4 is 14.8 Å². The fourth-order valence-corrected chi connectivity index (χ4v) is 5.68. The Kier molecular flexibility index (Phi) is 5.35. The smallest absolute Gasteiger partial charge is 0.244 e. The second-order valence-corrected chi connectivity index (χ2v) is 10.3. The summed E-state index contributed by atoms with van der Waals surface area (Å²) >= 11 is 2.10. The van der Waals surface area contributed by atoms with Crippen LogP contribution in [0.2, 0.25) is 0 Å². The quantitative estimate of drug-likeness (QED) is 0.690. The lowest BCUT2D eigenvalue weighted by Crippen LogP contribution is -2.62. The van der Waals surface area contributed by atoms with E-state index in [1.54, 1.807) is 12.1 Å². The van der Waals surface area contributed by atoms with Crippen molar-refractivity contribution in [1.29, 1.82) is 0 Å². The maximum Gasteiger partial charge on any atom is 0.244 e. The molecule has 2 rings (SSSR count). The molecule has 1 fully saturated rings. The van der Waals surface area contributed by atoms with Gasteiger partial charge in [0.1, 0.15) is 10.6 Å². The van der Waals surface area contributed by atoms with Crippen LogP contribution in [0.3, 0.4) is 0 Å². The first-order chi connectivity index (χ1) is 10.4. The van der Waals surface area contributed by atoms with Crippen molar-refractivity contribution in [1.82, 2.24) is 10.0 Å². The summed E-state index contributed by atoms with van der Waals surface area (Å²) in [5.74, 6) is 0.366. The normalized spacial score (nSPS) is 21.1. The Morgan fingerprint density at radius 2 is 1.78 bits per heavy atom. The Bertz CT molecular complexity index is 671. The van der Waals surface area contributed by atoms with E-state index in [1.165, 1.54) is 7.11 Å². The molecule has 2 N–H and O–H groups in total. The molecule has 0 bridgehead atoms. The minimum absolute atomic E-state index is 0.117. The molecule has 130 valence electrons. The topological polar surface area (TPSA) is 67.4 Å². The van der Waals surface area contributed by atoms with Gasteiger partial charge in [0.15, 0.2) is 0 Å². The molecular weight excluding hydrogens is 427 g/mol. The third-order valence-corrected chi connectivity index (χ3v) is 6.14. The number of rotatable bonds is 4. The molecule has 0 atom stereocenters. The van der Waals surface area contributed by atoms with Crippen molar-refractivity contribution < 1.29 is 13.2 Å². The Hall–Kier alpha value is -0.380. The van der Waals surface area contributed by atoms with Gasteiger partial charge in [-0.1, -0.05) is 0 Å². The van der Waals surface area contributed by atoms with Gasteiger partial charge in [0.25, 0.3) is 0 Å². The molecular formula is C16H25IN2O3S. The molecule has 1 saturated heterocycles. The fraction of sp³-hybridized carbons (Fsp3) is 0.625. The summed E-state index contributed by atoms with van der Waals surface area (Å²) < 4.78 is 34.6. The molecule has 0 saturated carbocycles. The number of sulfonamides is 1. The molecule has 0 aliphatic carbocycles. The Morgan fingerprint density at radius 1 is 1.22 bits per heavy atom. The first-order valence-electron chi connectivity index (χ1n) is 7.59. The summed E-state index contributed by atoms with van der Waals surface area (Å²) in [7, 11) is -2.15. The second kappa shape index (κ2) is 6.50. The number of benzene rings is 1. The molecule has 0 unspecified atom stereocenters. The summed E-state index contributed by atoms with van der Waals surface area (Å²) in [6.07, 6.45) is 1.48. The molecule has 1 heterocycles. The van der Waals surface area contributed by atoms with Crippen LogP contribution in [0.1, 0.15) is 40.5 Å². The molecule has 1 aromatic rings. The van der Waals surface area contributed by atoms with Crippen molar-refractivity contribution in [2.45, 2.75) is 62.6 Å². The summed E-state index contributed by atoms with van der Waals surface area (Å²) in [6, 6.07) is 5.04. The SMILES string of the molecule is COc1ccc(I)cc1S(=O)(=O)NC1CC(C)(C)NC(C)(C)C1. The van der Waals surface area contributed by atoms with E-state index in [2.05, 4.69) is 60.3 Å². The summed E-state index contributed by atoms with van der Waals surface area (Å²) in [4.78, 5) is 0.195. The van der Waals surface area contributed by atoms with E-state index in [1.807, 2.05) is 6.07 Å². The minimum atomic E-state index is -3.63. The number of hydrogen-bond donors (Lipinski definition) is 2. The van der Waals surface area contributed by atoms with Crippen LogP contribution in [0, 0.1) is 3.57 Å². The number of piperidine rings is 1. The molecule has 23 heavy (non-hydrogen) atoms. The summed E-state index contributed by atoms with van der Waals surface area (Å²) in [5.41, 5.74) is -0.242. The van der Waals surface area contributed by atoms with Crippen LogP contribution in [-0.4, -0.2) is 32.6 Å². The molecule has 1 aromatic carbocycles. The first kappa shape index (κ1) is 19.0. The number of nitrogens with one attached hydrogen (secondary N) is 2. The highest BCUT2D eigenvalue weighted by atomic mass is 127. The third kappa shape index (κ3) is 4.80. The third-order valence-electron chi connectivity index (χ3n) is 3.93. The van der Waals surface area contributed by atoms with Gasteiger partial charge < -0.3 is 10.1 Å². The van der Waals surface area contributed by atoms with Gasteiger partial charge in [0, 0.05) is 20.7 Å². The molecule has 1 aliphatic rings. The van der Waals surface area contributed by atoms with Crippen LogP contribution in [0.4, 0.5) is 0 Å². The monoisotopic (exact) mass is 452 g/mol. The van der Waals surface area contributed by atoms with Crippen LogP contribution in [0.5, 0.6) is 5.75 Å².